The van der Waals surface area contributed by atoms with Crippen LogP contribution in [-0.4, -0.2) is 29.0 Å². The number of benzene rings is 1. The molecule has 1 N–H and O–H groups in total. The van der Waals surface area contributed by atoms with Crippen LogP contribution in [0.2, 0.25) is 0 Å². The van der Waals surface area contributed by atoms with E-state index in [2.05, 4.69) is 36.1 Å². The largest absolute Gasteiger partial charge is 0.356 e. The number of amides is 1. The van der Waals surface area contributed by atoms with Crippen molar-refractivity contribution in [1.29, 1.82) is 0 Å². The van der Waals surface area contributed by atoms with E-state index in [1.165, 1.54) is 12.8 Å². The number of aromatic nitrogens is 2. The third kappa shape index (κ3) is 3.27. The molecule has 1 aromatic carbocycles. The molecule has 1 amide bonds. The molecule has 22 heavy (non-hydrogen) atoms. The number of nitrogens with zero attached hydrogens (tertiary/aromatic N) is 3. The molecule has 0 unspecified atom stereocenters. The number of halogens is 1. The highest BCUT2D eigenvalue weighted by atomic mass is 79.9. The summed E-state index contributed by atoms with van der Waals surface area (Å²) in [7, 11) is 0. The molecule has 114 valence electrons. The van der Waals surface area contributed by atoms with E-state index in [1.807, 2.05) is 31.2 Å². The average molecular weight is 361 g/mol. The molecule has 6 heteroatoms. The van der Waals surface area contributed by atoms with Gasteiger partial charge in [-0.3, -0.25) is 4.79 Å². The van der Waals surface area contributed by atoms with E-state index < -0.39 is 0 Å². The van der Waals surface area contributed by atoms with Gasteiger partial charge in [-0.15, -0.1) is 0 Å². The summed E-state index contributed by atoms with van der Waals surface area (Å²) in [5, 5.41) is 2.88. The number of hydrogen-bond acceptors (Lipinski definition) is 4. The van der Waals surface area contributed by atoms with E-state index in [0.717, 1.165) is 29.1 Å². The van der Waals surface area contributed by atoms with Gasteiger partial charge in [0.1, 0.15) is 17.3 Å². The van der Waals surface area contributed by atoms with Gasteiger partial charge in [-0.1, -0.05) is 12.1 Å². The van der Waals surface area contributed by atoms with Crippen molar-refractivity contribution in [3.05, 3.63) is 46.3 Å². The highest BCUT2D eigenvalue weighted by Gasteiger charge is 2.17. The number of hydrogen-bond donors (Lipinski definition) is 1. The number of para-hydroxylation sites is 1. The summed E-state index contributed by atoms with van der Waals surface area (Å²) in [4.78, 5) is 23.4. The summed E-state index contributed by atoms with van der Waals surface area (Å²) in [5.41, 5.74) is 1.12. The number of anilines is 2. The smallest absolute Gasteiger partial charge is 0.274 e. The number of carbonyl (C=O) groups is 1. The molecule has 0 aliphatic carbocycles. The molecular formula is C16H17BrN4O. The normalized spacial score (nSPS) is 14.2. The Labute approximate surface area is 137 Å². The Morgan fingerprint density at radius 3 is 2.68 bits per heavy atom. The van der Waals surface area contributed by atoms with Gasteiger partial charge in [-0.25, -0.2) is 9.97 Å². The maximum absolute atomic E-state index is 12.4. The quantitative estimate of drug-likeness (QED) is 0.911. The molecule has 1 aromatic heterocycles. The fraction of sp³-hybridized carbons (Fsp3) is 0.312. The maximum Gasteiger partial charge on any atom is 0.274 e. The van der Waals surface area contributed by atoms with Gasteiger partial charge < -0.3 is 10.2 Å². The molecule has 1 saturated heterocycles. The van der Waals surface area contributed by atoms with Crippen molar-refractivity contribution in [2.45, 2.75) is 19.8 Å². The Morgan fingerprint density at radius 2 is 1.95 bits per heavy atom. The number of aryl methyl sites for hydroxylation is 1. The summed E-state index contributed by atoms with van der Waals surface area (Å²) in [6.07, 6.45) is 2.34. The van der Waals surface area contributed by atoms with Crippen molar-refractivity contribution in [3.8, 4) is 0 Å². The first-order chi connectivity index (χ1) is 10.6. The molecule has 2 aromatic rings. The van der Waals surface area contributed by atoms with Gasteiger partial charge in [-0.2, -0.15) is 0 Å². The molecule has 0 saturated carbocycles. The second-order valence-electron chi connectivity index (χ2n) is 5.29. The fourth-order valence-corrected chi connectivity index (χ4v) is 2.91. The lowest BCUT2D eigenvalue weighted by molar-refractivity contribution is 0.102. The summed E-state index contributed by atoms with van der Waals surface area (Å²) >= 11 is 3.42. The van der Waals surface area contributed by atoms with Gasteiger partial charge in [0.05, 0.1) is 5.69 Å². The molecule has 0 atom stereocenters. The minimum Gasteiger partial charge on any atom is -0.356 e. The van der Waals surface area contributed by atoms with Crippen molar-refractivity contribution >= 4 is 33.3 Å². The highest BCUT2D eigenvalue weighted by Crippen LogP contribution is 2.23. The Balaban J connectivity index is 1.84. The molecule has 1 fully saturated rings. The van der Waals surface area contributed by atoms with Gasteiger partial charge in [-0.05, 0) is 47.8 Å². The average Bonchev–Trinajstić information content (AvgIpc) is 3.03. The molecule has 1 aliphatic rings. The lowest BCUT2D eigenvalue weighted by Crippen LogP contribution is -2.22. The Hall–Kier alpha value is -1.95. The monoisotopic (exact) mass is 360 g/mol. The SMILES string of the molecule is Cc1nc(C(=O)Nc2ccccc2Br)cc(N2CCCC2)n1. The fourth-order valence-electron chi connectivity index (χ4n) is 2.53. The topological polar surface area (TPSA) is 58.1 Å². The van der Waals surface area contributed by atoms with Crippen molar-refractivity contribution < 1.29 is 4.79 Å². The Kier molecular flexibility index (Phi) is 4.38. The van der Waals surface area contributed by atoms with E-state index in [-0.39, 0.29) is 5.91 Å². The molecule has 3 rings (SSSR count). The zero-order chi connectivity index (χ0) is 15.5. The molecule has 5 nitrogen and oxygen atoms in total. The van der Waals surface area contributed by atoms with Crippen molar-refractivity contribution in [1.82, 2.24) is 9.97 Å². The van der Waals surface area contributed by atoms with Gasteiger partial charge >= 0.3 is 0 Å². The van der Waals surface area contributed by atoms with Gasteiger partial charge in [0.15, 0.2) is 0 Å². The molecule has 0 bridgehead atoms. The Morgan fingerprint density at radius 1 is 1.23 bits per heavy atom. The molecule has 2 heterocycles. The van der Waals surface area contributed by atoms with Crippen molar-refractivity contribution in [2.75, 3.05) is 23.3 Å². The number of nitrogens with one attached hydrogen (secondary N) is 1. The standard InChI is InChI=1S/C16H17BrN4O/c1-11-18-14(10-15(19-11)21-8-4-5-9-21)16(22)20-13-7-3-2-6-12(13)17/h2-3,6-7,10H,4-5,8-9H2,1H3,(H,20,22). The van der Waals surface area contributed by atoms with Crippen LogP contribution >= 0.6 is 15.9 Å². The zero-order valence-electron chi connectivity index (χ0n) is 12.3. The van der Waals surface area contributed by atoms with Crippen LogP contribution in [0.3, 0.4) is 0 Å². The minimum absolute atomic E-state index is 0.224. The second-order valence-corrected chi connectivity index (χ2v) is 6.14. The lowest BCUT2D eigenvalue weighted by Gasteiger charge is -2.17. The van der Waals surface area contributed by atoms with E-state index in [4.69, 9.17) is 0 Å². The van der Waals surface area contributed by atoms with E-state index in [9.17, 15) is 4.79 Å². The van der Waals surface area contributed by atoms with Crippen molar-refractivity contribution in [3.63, 3.8) is 0 Å². The van der Waals surface area contributed by atoms with Crippen LogP contribution in [0.25, 0.3) is 0 Å². The van der Waals surface area contributed by atoms with Gasteiger partial charge in [0, 0.05) is 23.6 Å². The van der Waals surface area contributed by atoms with Crippen LogP contribution in [-0.2, 0) is 0 Å². The predicted molar refractivity (Wildman–Crippen MR) is 90.3 cm³/mol. The molecule has 0 spiro atoms. The van der Waals surface area contributed by atoms with Gasteiger partial charge in [0.25, 0.3) is 5.91 Å². The van der Waals surface area contributed by atoms with Gasteiger partial charge in [0.2, 0.25) is 0 Å². The van der Waals surface area contributed by atoms with E-state index >= 15 is 0 Å². The number of carbonyl (C=O) groups excluding carboxylic acids is 1. The first-order valence-corrected chi connectivity index (χ1v) is 8.09. The van der Waals surface area contributed by atoms with E-state index in [1.54, 1.807) is 6.07 Å². The molecule has 0 radical (unpaired) electrons. The number of rotatable bonds is 3. The van der Waals surface area contributed by atoms with Crippen LogP contribution in [0.4, 0.5) is 11.5 Å². The third-order valence-electron chi connectivity index (χ3n) is 3.61. The zero-order valence-corrected chi connectivity index (χ0v) is 13.9. The maximum atomic E-state index is 12.4. The first-order valence-electron chi connectivity index (χ1n) is 7.30. The summed E-state index contributed by atoms with van der Waals surface area (Å²) in [6, 6.07) is 9.28. The predicted octanol–water partition coefficient (Wildman–Crippen LogP) is 3.40. The summed E-state index contributed by atoms with van der Waals surface area (Å²) in [5.74, 6) is 1.22. The van der Waals surface area contributed by atoms with E-state index in [0.29, 0.717) is 11.5 Å². The summed E-state index contributed by atoms with van der Waals surface area (Å²) < 4.78 is 0.842. The first kappa shape index (κ1) is 15.0. The summed E-state index contributed by atoms with van der Waals surface area (Å²) in [6.45, 7) is 3.79. The highest BCUT2D eigenvalue weighted by molar-refractivity contribution is 9.10. The second kappa shape index (κ2) is 6.44. The third-order valence-corrected chi connectivity index (χ3v) is 4.30. The van der Waals surface area contributed by atoms with Crippen LogP contribution < -0.4 is 10.2 Å². The molecule has 1 aliphatic heterocycles. The lowest BCUT2D eigenvalue weighted by atomic mass is 10.3. The van der Waals surface area contributed by atoms with Crippen LogP contribution in [0, 0.1) is 6.92 Å². The molecular weight excluding hydrogens is 344 g/mol. The minimum atomic E-state index is -0.224. The van der Waals surface area contributed by atoms with Crippen LogP contribution in [0.1, 0.15) is 29.2 Å². The van der Waals surface area contributed by atoms with Crippen LogP contribution in [0.5, 0.6) is 0 Å². The Bertz CT molecular complexity index is 698. The van der Waals surface area contributed by atoms with Crippen molar-refractivity contribution in [2.24, 2.45) is 0 Å². The van der Waals surface area contributed by atoms with Crippen LogP contribution in [0.15, 0.2) is 34.8 Å².